The lowest BCUT2D eigenvalue weighted by atomic mass is 10.00. The third-order valence-electron chi connectivity index (χ3n) is 3.71. The molecule has 1 aliphatic heterocycles. The molecule has 0 spiro atoms. The van der Waals surface area contributed by atoms with E-state index in [0.717, 1.165) is 17.5 Å². The number of hydrogen-bond donors (Lipinski definition) is 2. The van der Waals surface area contributed by atoms with Crippen LogP contribution in [0.25, 0.3) is 0 Å². The van der Waals surface area contributed by atoms with E-state index in [2.05, 4.69) is 17.0 Å². The molecule has 1 aliphatic rings. The lowest BCUT2D eigenvalue weighted by Crippen LogP contribution is -2.48. The van der Waals surface area contributed by atoms with Crippen LogP contribution in [-0.4, -0.2) is 38.9 Å². The van der Waals surface area contributed by atoms with Gasteiger partial charge in [0.1, 0.15) is 0 Å². The quantitative estimate of drug-likeness (QED) is 0.884. The highest BCUT2D eigenvalue weighted by atomic mass is 32.2. The molecule has 5 nitrogen and oxygen atoms in total. The van der Waals surface area contributed by atoms with Gasteiger partial charge >= 0.3 is 10.2 Å². The van der Waals surface area contributed by atoms with Crippen LogP contribution >= 0.6 is 0 Å². The molecule has 0 aliphatic carbocycles. The molecule has 112 valence electrons. The lowest BCUT2D eigenvalue weighted by Gasteiger charge is -2.27. The molecule has 0 unspecified atom stereocenters. The predicted octanol–water partition coefficient (Wildman–Crippen LogP) is 1.43. The van der Waals surface area contributed by atoms with Crippen LogP contribution in [0.5, 0.6) is 0 Å². The molecule has 1 aromatic rings. The maximum absolute atomic E-state index is 12.3. The zero-order valence-corrected chi connectivity index (χ0v) is 13.2. The first-order valence-electron chi connectivity index (χ1n) is 7.02. The molecular weight excluding hydrogens is 274 g/mol. The Labute approximate surface area is 121 Å². The summed E-state index contributed by atoms with van der Waals surface area (Å²) in [5, 5.41) is 3.15. The first kappa shape index (κ1) is 15.3. The largest absolute Gasteiger partial charge is 0.314 e. The number of hydrogen-bond acceptors (Lipinski definition) is 3. The maximum atomic E-state index is 12.3. The van der Waals surface area contributed by atoms with Gasteiger partial charge in [-0.1, -0.05) is 6.92 Å². The second-order valence-corrected chi connectivity index (χ2v) is 6.87. The number of aryl methyl sites for hydroxylation is 2. The Balaban J connectivity index is 2.21. The minimum atomic E-state index is -3.45. The summed E-state index contributed by atoms with van der Waals surface area (Å²) < 4.78 is 28.8. The van der Waals surface area contributed by atoms with E-state index < -0.39 is 10.2 Å². The fourth-order valence-corrected chi connectivity index (χ4v) is 3.92. The van der Waals surface area contributed by atoms with Crippen LogP contribution < -0.4 is 10.0 Å². The van der Waals surface area contributed by atoms with Gasteiger partial charge in [-0.15, -0.1) is 0 Å². The third kappa shape index (κ3) is 3.31. The summed E-state index contributed by atoms with van der Waals surface area (Å²) >= 11 is 0. The summed E-state index contributed by atoms with van der Waals surface area (Å²) in [6.07, 6.45) is 0.961. The van der Waals surface area contributed by atoms with E-state index >= 15 is 0 Å². The van der Waals surface area contributed by atoms with Crippen molar-refractivity contribution in [2.45, 2.75) is 27.2 Å². The minimum Gasteiger partial charge on any atom is -0.314 e. The minimum absolute atomic E-state index is 0.514. The lowest BCUT2D eigenvalue weighted by molar-refractivity contribution is 0.362. The molecule has 2 N–H and O–H groups in total. The standard InChI is InChI=1S/C14H23N3O2S/c1-4-14-11(2)9-13(10-12(14)3)16-20(18,19)17-7-5-15-6-8-17/h9-10,15-16H,4-8H2,1-3H3. The highest BCUT2D eigenvalue weighted by Gasteiger charge is 2.23. The van der Waals surface area contributed by atoms with Gasteiger partial charge in [0, 0.05) is 26.2 Å². The molecule has 1 saturated heterocycles. The maximum Gasteiger partial charge on any atom is 0.301 e. The molecule has 0 aromatic heterocycles. The third-order valence-corrected chi connectivity index (χ3v) is 5.25. The molecular formula is C14H23N3O2S. The molecule has 0 saturated carbocycles. The molecule has 20 heavy (non-hydrogen) atoms. The Hall–Kier alpha value is -1.11. The summed E-state index contributed by atoms with van der Waals surface area (Å²) in [5.41, 5.74) is 4.20. The number of piperazine rings is 1. The Morgan fingerprint density at radius 3 is 2.25 bits per heavy atom. The Morgan fingerprint density at radius 1 is 1.20 bits per heavy atom. The zero-order valence-electron chi connectivity index (χ0n) is 12.4. The average Bonchev–Trinajstić information content (AvgIpc) is 2.39. The van der Waals surface area contributed by atoms with Gasteiger partial charge < -0.3 is 5.32 Å². The smallest absolute Gasteiger partial charge is 0.301 e. The van der Waals surface area contributed by atoms with Gasteiger partial charge in [-0.25, -0.2) is 0 Å². The summed E-state index contributed by atoms with van der Waals surface area (Å²) in [7, 11) is -3.45. The molecule has 6 heteroatoms. The van der Waals surface area contributed by atoms with Gasteiger partial charge in [0.2, 0.25) is 0 Å². The van der Waals surface area contributed by atoms with E-state index in [0.29, 0.717) is 31.9 Å². The molecule has 0 amide bonds. The van der Waals surface area contributed by atoms with Gasteiger partial charge in [0.15, 0.2) is 0 Å². The Morgan fingerprint density at radius 2 is 1.75 bits per heavy atom. The van der Waals surface area contributed by atoms with Crippen molar-refractivity contribution in [3.63, 3.8) is 0 Å². The highest BCUT2D eigenvalue weighted by molar-refractivity contribution is 7.90. The summed E-state index contributed by atoms with van der Waals surface area (Å²) in [5.74, 6) is 0. The van der Waals surface area contributed by atoms with Crippen molar-refractivity contribution in [2.24, 2.45) is 0 Å². The van der Waals surface area contributed by atoms with Gasteiger partial charge in [0.05, 0.1) is 5.69 Å². The molecule has 0 atom stereocenters. The summed E-state index contributed by atoms with van der Waals surface area (Å²) in [6.45, 7) is 8.59. The zero-order chi connectivity index (χ0) is 14.8. The van der Waals surface area contributed by atoms with Crippen molar-refractivity contribution in [1.29, 1.82) is 0 Å². The summed E-state index contributed by atoms with van der Waals surface area (Å²) in [4.78, 5) is 0. The first-order valence-corrected chi connectivity index (χ1v) is 8.47. The second kappa shape index (κ2) is 6.11. The van der Waals surface area contributed by atoms with Gasteiger partial charge in [-0.3, -0.25) is 4.72 Å². The molecule has 1 fully saturated rings. The molecule has 0 bridgehead atoms. The molecule has 1 heterocycles. The van der Waals surface area contributed by atoms with E-state index in [1.807, 2.05) is 26.0 Å². The van der Waals surface area contributed by atoms with E-state index in [9.17, 15) is 8.42 Å². The van der Waals surface area contributed by atoms with Crippen molar-refractivity contribution >= 4 is 15.9 Å². The van der Waals surface area contributed by atoms with Crippen LogP contribution in [0.4, 0.5) is 5.69 Å². The van der Waals surface area contributed by atoms with Crippen molar-refractivity contribution in [1.82, 2.24) is 9.62 Å². The second-order valence-electron chi connectivity index (χ2n) is 5.20. The fraction of sp³-hybridized carbons (Fsp3) is 0.571. The highest BCUT2D eigenvalue weighted by Crippen LogP contribution is 2.22. The van der Waals surface area contributed by atoms with E-state index in [4.69, 9.17) is 0 Å². The van der Waals surface area contributed by atoms with Crippen LogP contribution in [0.15, 0.2) is 12.1 Å². The van der Waals surface area contributed by atoms with Crippen molar-refractivity contribution in [3.05, 3.63) is 28.8 Å². The predicted molar refractivity (Wildman–Crippen MR) is 82.3 cm³/mol. The van der Waals surface area contributed by atoms with Crippen molar-refractivity contribution < 1.29 is 8.42 Å². The van der Waals surface area contributed by atoms with Crippen molar-refractivity contribution in [3.8, 4) is 0 Å². The molecule has 0 radical (unpaired) electrons. The van der Waals surface area contributed by atoms with Crippen LogP contribution in [0.1, 0.15) is 23.6 Å². The van der Waals surface area contributed by atoms with E-state index in [-0.39, 0.29) is 0 Å². The van der Waals surface area contributed by atoms with Crippen LogP contribution in [0, 0.1) is 13.8 Å². The van der Waals surface area contributed by atoms with Crippen LogP contribution in [-0.2, 0) is 16.6 Å². The van der Waals surface area contributed by atoms with Crippen molar-refractivity contribution in [2.75, 3.05) is 30.9 Å². The van der Waals surface area contributed by atoms with Crippen LogP contribution in [0.2, 0.25) is 0 Å². The number of anilines is 1. The molecule has 1 aromatic carbocycles. The van der Waals surface area contributed by atoms with Gasteiger partial charge in [-0.05, 0) is 49.1 Å². The van der Waals surface area contributed by atoms with Crippen LogP contribution in [0.3, 0.4) is 0 Å². The number of benzene rings is 1. The summed E-state index contributed by atoms with van der Waals surface area (Å²) in [6, 6.07) is 3.82. The Kier molecular flexibility index (Phi) is 4.67. The molecule has 2 rings (SSSR count). The number of nitrogens with zero attached hydrogens (tertiary/aromatic N) is 1. The Bertz CT molecular complexity index is 555. The SMILES string of the molecule is CCc1c(C)cc(NS(=O)(=O)N2CCNCC2)cc1C. The first-order chi connectivity index (χ1) is 9.44. The van der Waals surface area contributed by atoms with Gasteiger partial charge in [0.25, 0.3) is 0 Å². The van der Waals surface area contributed by atoms with Gasteiger partial charge in [-0.2, -0.15) is 12.7 Å². The number of nitrogens with one attached hydrogen (secondary N) is 2. The average molecular weight is 297 g/mol. The fourth-order valence-electron chi connectivity index (χ4n) is 2.71. The monoisotopic (exact) mass is 297 g/mol. The van der Waals surface area contributed by atoms with E-state index in [1.165, 1.54) is 9.87 Å². The topological polar surface area (TPSA) is 61.4 Å². The normalized spacial score (nSPS) is 17.1. The van der Waals surface area contributed by atoms with E-state index in [1.54, 1.807) is 0 Å². The number of rotatable bonds is 4.